The first kappa shape index (κ1) is 17.1. The Morgan fingerprint density at radius 3 is 2.96 bits per heavy atom. The zero-order valence-corrected chi connectivity index (χ0v) is 14.4. The van der Waals surface area contributed by atoms with E-state index in [1.165, 1.54) is 11.8 Å². The van der Waals surface area contributed by atoms with Gasteiger partial charge in [0.25, 0.3) is 0 Å². The van der Waals surface area contributed by atoms with E-state index in [4.69, 9.17) is 16.7 Å². The van der Waals surface area contributed by atoms with E-state index in [0.717, 1.165) is 4.90 Å². The minimum absolute atomic E-state index is 0.0604. The molecular weight excluding hydrogens is 352 g/mol. The second kappa shape index (κ2) is 7.03. The van der Waals surface area contributed by atoms with Crippen LogP contribution in [0.15, 0.2) is 23.1 Å². The highest BCUT2D eigenvalue weighted by atomic mass is 35.5. The number of aliphatic carboxylic acids is 1. The van der Waals surface area contributed by atoms with Crippen molar-refractivity contribution in [1.29, 1.82) is 0 Å². The van der Waals surface area contributed by atoms with Crippen molar-refractivity contribution in [1.82, 2.24) is 4.90 Å². The number of carbonyl (C=O) groups is 3. The second-order valence-electron chi connectivity index (χ2n) is 5.96. The van der Waals surface area contributed by atoms with Gasteiger partial charge in [0.1, 0.15) is 0 Å². The van der Waals surface area contributed by atoms with Crippen LogP contribution in [0.1, 0.15) is 19.3 Å². The van der Waals surface area contributed by atoms with Gasteiger partial charge in [-0.25, -0.2) is 0 Å². The molecule has 2 heterocycles. The maximum atomic E-state index is 12.5. The first-order valence-corrected chi connectivity index (χ1v) is 8.97. The standard InChI is InChI=1S/C16H17ClN2O4S/c17-10-3-4-12-11(6-10)18-15(21)13(24-12)7-14(20)19-5-1-2-9(8-19)16(22)23/h3-4,6,9,13H,1-2,5,7-8H2,(H,18,21)(H,22,23)/t9-,13-/m0/s1. The molecule has 0 bridgehead atoms. The summed E-state index contributed by atoms with van der Waals surface area (Å²) in [6, 6.07) is 5.24. The van der Waals surface area contributed by atoms with Gasteiger partial charge in [-0.1, -0.05) is 11.6 Å². The maximum absolute atomic E-state index is 12.5. The van der Waals surface area contributed by atoms with E-state index in [2.05, 4.69) is 5.32 Å². The number of fused-ring (bicyclic) bond motifs is 1. The molecule has 2 aliphatic heterocycles. The fourth-order valence-corrected chi connectivity index (χ4v) is 4.20. The number of carboxylic acids is 1. The number of carboxylic acid groups (broad SMARTS) is 1. The van der Waals surface area contributed by atoms with E-state index in [1.807, 2.05) is 6.07 Å². The number of hydrogen-bond donors (Lipinski definition) is 2. The summed E-state index contributed by atoms with van der Waals surface area (Å²) in [6.45, 7) is 0.771. The number of carbonyl (C=O) groups excluding carboxylic acids is 2. The number of rotatable bonds is 3. The van der Waals surface area contributed by atoms with Gasteiger partial charge in [-0.2, -0.15) is 0 Å². The lowest BCUT2D eigenvalue weighted by atomic mass is 9.98. The van der Waals surface area contributed by atoms with Gasteiger partial charge in [0.05, 0.1) is 16.9 Å². The van der Waals surface area contributed by atoms with Crippen molar-refractivity contribution >= 4 is 46.8 Å². The number of nitrogens with zero attached hydrogens (tertiary/aromatic N) is 1. The van der Waals surface area contributed by atoms with Gasteiger partial charge in [-0.15, -0.1) is 11.8 Å². The lowest BCUT2D eigenvalue weighted by molar-refractivity contribution is -0.146. The second-order valence-corrected chi connectivity index (χ2v) is 7.64. The summed E-state index contributed by atoms with van der Waals surface area (Å²) in [5.41, 5.74) is 0.658. The van der Waals surface area contributed by atoms with Crippen LogP contribution in [0.5, 0.6) is 0 Å². The number of nitrogens with one attached hydrogen (secondary N) is 1. The predicted molar refractivity (Wildman–Crippen MR) is 91.3 cm³/mol. The first-order valence-electron chi connectivity index (χ1n) is 7.71. The molecule has 8 heteroatoms. The van der Waals surface area contributed by atoms with Crippen LogP contribution in [-0.2, 0) is 14.4 Å². The summed E-state index contributed by atoms with van der Waals surface area (Å²) in [5, 5.41) is 11.9. The molecule has 1 aromatic carbocycles. The largest absolute Gasteiger partial charge is 0.481 e. The van der Waals surface area contributed by atoms with Crippen molar-refractivity contribution in [2.75, 3.05) is 18.4 Å². The number of likely N-dealkylation sites (tertiary alicyclic amines) is 1. The van der Waals surface area contributed by atoms with Gasteiger partial charge >= 0.3 is 5.97 Å². The van der Waals surface area contributed by atoms with E-state index in [-0.39, 0.29) is 24.8 Å². The third kappa shape index (κ3) is 3.67. The SMILES string of the molecule is O=C(O)[C@H]1CCCN(C(=O)C[C@@H]2Sc3ccc(Cl)cc3NC2=O)C1. The van der Waals surface area contributed by atoms with Crippen molar-refractivity contribution < 1.29 is 19.5 Å². The van der Waals surface area contributed by atoms with Crippen molar-refractivity contribution in [3.05, 3.63) is 23.2 Å². The van der Waals surface area contributed by atoms with E-state index >= 15 is 0 Å². The topological polar surface area (TPSA) is 86.7 Å². The summed E-state index contributed by atoms with van der Waals surface area (Å²) in [7, 11) is 0. The molecule has 2 aliphatic rings. The van der Waals surface area contributed by atoms with Crippen molar-refractivity contribution in [3.63, 3.8) is 0 Å². The number of thioether (sulfide) groups is 1. The Labute approximate surface area is 148 Å². The van der Waals surface area contributed by atoms with Crippen LogP contribution in [0, 0.1) is 5.92 Å². The molecule has 2 N–H and O–H groups in total. The molecule has 3 rings (SSSR count). The minimum Gasteiger partial charge on any atom is -0.481 e. The van der Waals surface area contributed by atoms with E-state index in [0.29, 0.717) is 30.1 Å². The lowest BCUT2D eigenvalue weighted by Gasteiger charge is -2.32. The molecule has 2 amide bonds. The predicted octanol–water partition coefficient (Wildman–Crippen LogP) is 2.47. The van der Waals surface area contributed by atoms with Gasteiger partial charge in [0.2, 0.25) is 11.8 Å². The highest BCUT2D eigenvalue weighted by molar-refractivity contribution is 8.01. The molecule has 0 aliphatic carbocycles. The molecule has 0 saturated carbocycles. The molecule has 0 aromatic heterocycles. The summed E-state index contributed by atoms with van der Waals surface area (Å²) in [6.07, 6.45) is 1.32. The number of piperidine rings is 1. The van der Waals surface area contributed by atoms with Crippen LogP contribution in [0.25, 0.3) is 0 Å². The van der Waals surface area contributed by atoms with Crippen molar-refractivity contribution in [2.45, 2.75) is 29.4 Å². The molecule has 0 spiro atoms. The normalized spacial score (nSPS) is 23.4. The highest BCUT2D eigenvalue weighted by Gasteiger charge is 2.33. The fraction of sp³-hybridized carbons (Fsp3) is 0.438. The van der Waals surface area contributed by atoms with Crippen molar-refractivity contribution in [3.8, 4) is 0 Å². The van der Waals surface area contributed by atoms with Gasteiger partial charge < -0.3 is 15.3 Å². The number of anilines is 1. The molecule has 0 unspecified atom stereocenters. The molecule has 0 radical (unpaired) electrons. The summed E-state index contributed by atoms with van der Waals surface area (Å²) in [5.74, 6) is -1.79. The average Bonchev–Trinajstić information content (AvgIpc) is 2.55. The number of halogens is 1. The monoisotopic (exact) mass is 368 g/mol. The van der Waals surface area contributed by atoms with Crippen LogP contribution in [0.2, 0.25) is 5.02 Å². The molecule has 2 atom stereocenters. The van der Waals surface area contributed by atoms with Crippen LogP contribution >= 0.6 is 23.4 Å². The van der Waals surface area contributed by atoms with Crippen LogP contribution < -0.4 is 5.32 Å². The highest BCUT2D eigenvalue weighted by Crippen LogP contribution is 2.38. The smallest absolute Gasteiger partial charge is 0.308 e. The molecule has 1 aromatic rings. The van der Waals surface area contributed by atoms with E-state index in [9.17, 15) is 14.4 Å². The molecule has 24 heavy (non-hydrogen) atoms. The van der Waals surface area contributed by atoms with Gasteiger partial charge in [0, 0.05) is 29.4 Å². The number of amides is 2. The van der Waals surface area contributed by atoms with E-state index < -0.39 is 17.1 Å². The fourth-order valence-electron chi connectivity index (χ4n) is 2.95. The summed E-state index contributed by atoms with van der Waals surface area (Å²) >= 11 is 7.26. The molecule has 1 fully saturated rings. The molecule has 1 saturated heterocycles. The Kier molecular flexibility index (Phi) is 5.01. The van der Waals surface area contributed by atoms with Crippen LogP contribution in [0.3, 0.4) is 0 Å². The first-order chi connectivity index (χ1) is 11.4. The number of benzene rings is 1. The molecule has 128 valence electrons. The summed E-state index contributed by atoms with van der Waals surface area (Å²) < 4.78 is 0. The Balaban J connectivity index is 1.65. The maximum Gasteiger partial charge on any atom is 0.308 e. The minimum atomic E-state index is -0.872. The lowest BCUT2D eigenvalue weighted by Crippen LogP contribution is -2.44. The van der Waals surface area contributed by atoms with Crippen LogP contribution in [-0.4, -0.2) is 46.1 Å². The van der Waals surface area contributed by atoms with Gasteiger partial charge in [-0.3, -0.25) is 14.4 Å². The zero-order chi connectivity index (χ0) is 17.3. The third-order valence-electron chi connectivity index (χ3n) is 4.24. The Morgan fingerprint density at radius 1 is 1.42 bits per heavy atom. The van der Waals surface area contributed by atoms with Gasteiger partial charge in [0.15, 0.2) is 0 Å². The van der Waals surface area contributed by atoms with Crippen molar-refractivity contribution in [2.24, 2.45) is 5.92 Å². The summed E-state index contributed by atoms with van der Waals surface area (Å²) in [4.78, 5) is 38.2. The quantitative estimate of drug-likeness (QED) is 0.855. The Bertz CT molecular complexity index is 697. The Hall–Kier alpha value is -1.73. The molecular formula is C16H17ClN2O4S. The molecule has 6 nitrogen and oxygen atoms in total. The third-order valence-corrected chi connectivity index (χ3v) is 5.75. The zero-order valence-electron chi connectivity index (χ0n) is 12.8. The van der Waals surface area contributed by atoms with Crippen LogP contribution in [0.4, 0.5) is 5.69 Å². The Morgan fingerprint density at radius 2 is 2.21 bits per heavy atom. The van der Waals surface area contributed by atoms with Gasteiger partial charge in [-0.05, 0) is 31.0 Å². The van der Waals surface area contributed by atoms with E-state index in [1.54, 1.807) is 17.0 Å². The number of hydrogen-bond acceptors (Lipinski definition) is 4. The average molecular weight is 369 g/mol.